The molecule has 0 bridgehead atoms. The molecule has 1 fully saturated rings. The van der Waals surface area contributed by atoms with Gasteiger partial charge in [0.25, 0.3) is 0 Å². The third-order valence-corrected chi connectivity index (χ3v) is 5.95. The highest BCUT2D eigenvalue weighted by molar-refractivity contribution is 7.16. The lowest BCUT2D eigenvalue weighted by Gasteiger charge is -2.25. The third kappa shape index (κ3) is 3.74. The van der Waals surface area contributed by atoms with Gasteiger partial charge in [0.15, 0.2) is 0 Å². The van der Waals surface area contributed by atoms with Crippen molar-refractivity contribution in [3.8, 4) is 6.07 Å². The van der Waals surface area contributed by atoms with Crippen LogP contribution in [-0.4, -0.2) is 43.7 Å². The van der Waals surface area contributed by atoms with Gasteiger partial charge >= 0.3 is 0 Å². The van der Waals surface area contributed by atoms with Gasteiger partial charge in [-0.2, -0.15) is 5.26 Å². The second-order valence-electron chi connectivity index (χ2n) is 6.27. The minimum Gasteiger partial charge on any atom is -0.379 e. The molecule has 5 nitrogen and oxygen atoms in total. The summed E-state index contributed by atoms with van der Waals surface area (Å²) in [5, 5.41) is 13.2. The summed E-state index contributed by atoms with van der Waals surface area (Å²) in [5.74, 6) is 0.679. The van der Waals surface area contributed by atoms with Crippen molar-refractivity contribution in [3.63, 3.8) is 0 Å². The Kier molecular flexibility index (Phi) is 5.31. The molecule has 23 heavy (non-hydrogen) atoms. The van der Waals surface area contributed by atoms with Gasteiger partial charge in [-0.15, -0.1) is 11.3 Å². The van der Waals surface area contributed by atoms with Crippen LogP contribution < -0.4 is 5.32 Å². The van der Waals surface area contributed by atoms with E-state index >= 15 is 0 Å². The molecule has 2 heterocycles. The highest BCUT2D eigenvalue weighted by Gasteiger charge is 2.26. The van der Waals surface area contributed by atoms with Crippen LogP contribution in [0.25, 0.3) is 0 Å². The molecular weight excluding hydrogens is 310 g/mol. The number of nitriles is 1. The number of carbonyl (C=O) groups is 1. The smallest absolute Gasteiger partial charge is 0.239 e. The van der Waals surface area contributed by atoms with Crippen molar-refractivity contribution < 1.29 is 9.53 Å². The van der Waals surface area contributed by atoms with Crippen LogP contribution in [0.5, 0.6) is 0 Å². The Morgan fingerprint density at radius 1 is 1.48 bits per heavy atom. The predicted molar refractivity (Wildman–Crippen MR) is 90.7 cm³/mol. The number of anilines is 1. The number of hydrogen-bond acceptors (Lipinski definition) is 5. The highest BCUT2D eigenvalue weighted by Crippen LogP contribution is 2.39. The first-order valence-corrected chi connectivity index (χ1v) is 9.17. The number of nitrogens with one attached hydrogen (secondary N) is 1. The maximum Gasteiger partial charge on any atom is 0.239 e. The predicted octanol–water partition coefficient (Wildman–Crippen LogP) is 2.41. The minimum atomic E-state index is -0.0333. The summed E-state index contributed by atoms with van der Waals surface area (Å²) < 4.78 is 5.30. The molecule has 1 aliphatic carbocycles. The van der Waals surface area contributed by atoms with E-state index in [9.17, 15) is 10.1 Å². The van der Waals surface area contributed by atoms with Gasteiger partial charge in [-0.1, -0.05) is 13.3 Å². The zero-order chi connectivity index (χ0) is 16.2. The van der Waals surface area contributed by atoms with Crippen molar-refractivity contribution in [2.24, 2.45) is 5.92 Å². The van der Waals surface area contributed by atoms with E-state index < -0.39 is 0 Å². The van der Waals surface area contributed by atoms with E-state index in [1.165, 1.54) is 16.9 Å². The normalized spacial score (nSPS) is 21.5. The zero-order valence-corrected chi connectivity index (χ0v) is 14.4. The summed E-state index contributed by atoms with van der Waals surface area (Å²) >= 11 is 1.60. The fourth-order valence-electron chi connectivity index (χ4n) is 3.34. The van der Waals surface area contributed by atoms with Gasteiger partial charge in [0, 0.05) is 18.0 Å². The Morgan fingerprint density at radius 3 is 2.96 bits per heavy atom. The summed E-state index contributed by atoms with van der Waals surface area (Å²) in [6, 6.07) is 2.31. The van der Waals surface area contributed by atoms with Crippen LogP contribution in [0.1, 0.15) is 35.8 Å². The second kappa shape index (κ2) is 7.43. The first-order valence-electron chi connectivity index (χ1n) is 8.35. The fourth-order valence-corrected chi connectivity index (χ4v) is 4.67. The Hall–Kier alpha value is -1.42. The van der Waals surface area contributed by atoms with E-state index in [1.807, 2.05) is 0 Å². The monoisotopic (exact) mass is 333 g/mol. The average Bonchev–Trinajstić information content (AvgIpc) is 2.91. The van der Waals surface area contributed by atoms with Crippen molar-refractivity contribution in [1.82, 2.24) is 4.90 Å². The molecule has 124 valence electrons. The van der Waals surface area contributed by atoms with Crippen LogP contribution in [0.4, 0.5) is 5.00 Å². The van der Waals surface area contributed by atoms with Crippen molar-refractivity contribution in [3.05, 3.63) is 16.0 Å². The molecule has 1 aliphatic heterocycles. The van der Waals surface area contributed by atoms with Gasteiger partial charge in [-0.05, 0) is 30.7 Å². The quantitative estimate of drug-likeness (QED) is 0.919. The highest BCUT2D eigenvalue weighted by atomic mass is 32.1. The van der Waals surface area contributed by atoms with E-state index in [1.54, 1.807) is 11.3 Å². The number of carbonyl (C=O) groups excluding carboxylic acids is 1. The van der Waals surface area contributed by atoms with Gasteiger partial charge in [0.1, 0.15) is 11.1 Å². The van der Waals surface area contributed by atoms with E-state index in [0.717, 1.165) is 37.4 Å². The third-order valence-electron chi connectivity index (χ3n) is 4.78. The van der Waals surface area contributed by atoms with E-state index in [-0.39, 0.29) is 5.91 Å². The second-order valence-corrected chi connectivity index (χ2v) is 7.38. The Bertz CT molecular complexity index is 614. The van der Waals surface area contributed by atoms with Gasteiger partial charge in [-0.3, -0.25) is 9.69 Å². The molecule has 1 amide bonds. The molecule has 0 saturated carbocycles. The first kappa shape index (κ1) is 16.4. The summed E-state index contributed by atoms with van der Waals surface area (Å²) in [6.07, 6.45) is 4.34. The van der Waals surface area contributed by atoms with Crippen LogP contribution in [0, 0.1) is 17.2 Å². The maximum absolute atomic E-state index is 12.3. The molecule has 1 N–H and O–H groups in total. The largest absolute Gasteiger partial charge is 0.379 e. The van der Waals surface area contributed by atoms with E-state index in [4.69, 9.17) is 4.74 Å². The van der Waals surface area contributed by atoms with Gasteiger partial charge < -0.3 is 10.1 Å². The number of morpholine rings is 1. The minimum absolute atomic E-state index is 0.0333. The molecule has 6 heteroatoms. The van der Waals surface area contributed by atoms with Gasteiger partial charge in [0.2, 0.25) is 5.91 Å². The molecule has 3 rings (SSSR count). The van der Waals surface area contributed by atoms with Crippen molar-refractivity contribution in [2.75, 3.05) is 38.2 Å². The lowest BCUT2D eigenvalue weighted by molar-refractivity contribution is -0.118. The van der Waals surface area contributed by atoms with Gasteiger partial charge in [0.05, 0.1) is 25.3 Å². The molecular formula is C17H23N3O2S. The summed E-state index contributed by atoms with van der Waals surface area (Å²) in [4.78, 5) is 15.7. The van der Waals surface area contributed by atoms with Crippen LogP contribution in [-0.2, 0) is 22.4 Å². The summed E-state index contributed by atoms with van der Waals surface area (Å²) in [5.41, 5.74) is 1.86. The fraction of sp³-hybridized carbons (Fsp3) is 0.647. The number of rotatable bonds is 4. The lowest BCUT2D eigenvalue weighted by atomic mass is 9.86. The molecule has 0 aromatic carbocycles. The lowest BCUT2D eigenvalue weighted by Crippen LogP contribution is -2.41. The van der Waals surface area contributed by atoms with E-state index in [2.05, 4.69) is 23.2 Å². The van der Waals surface area contributed by atoms with Gasteiger partial charge in [-0.25, -0.2) is 0 Å². The standard InChI is InChI=1S/C17H23N3O2S/c1-2-12-3-4-13-14(10-18)17(23-15(13)9-12)19-16(21)11-20-5-7-22-8-6-20/h12H,2-9,11H2,1H3,(H,19,21). The van der Waals surface area contributed by atoms with Crippen LogP contribution in [0.2, 0.25) is 0 Å². The van der Waals surface area contributed by atoms with Crippen LogP contribution >= 0.6 is 11.3 Å². The number of fused-ring (bicyclic) bond motifs is 1. The molecule has 2 aliphatic rings. The maximum atomic E-state index is 12.3. The average molecular weight is 333 g/mol. The van der Waals surface area contributed by atoms with Crippen LogP contribution in [0.15, 0.2) is 0 Å². The van der Waals surface area contributed by atoms with Crippen molar-refractivity contribution in [1.29, 1.82) is 5.26 Å². The number of ether oxygens (including phenoxy) is 1. The topological polar surface area (TPSA) is 65.4 Å². The number of hydrogen-bond donors (Lipinski definition) is 1. The summed E-state index contributed by atoms with van der Waals surface area (Å²) in [7, 11) is 0. The molecule has 1 atom stereocenters. The molecule has 1 aromatic rings. The SMILES string of the molecule is CCC1CCc2c(sc(NC(=O)CN3CCOCC3)c2C#N)C1. The number of nitrogens with zero attached hydrogens (tertiary/aromatic N) is 2. The molecule has 0 spiro atoms. The van der Waals surface area contributed by atoms with E-state index in [0.29, 0.717) is 31.2 Å². The van der Waals surface area contributed by atoms with Crippen molar-refractivity contribution in [2.45, 2.75) is 32.6 Å². The van der Waals surface area contributed by atoms with Crippen molar-refractivity contribution >= 4 is 22.2 Å². The molecule has 0 radical (unpaired) electrons. The zero-order valence-electron chi connectivity index (χ0n) is 13.6. The molecule has 1 unspecified atom stereocenters. The Balaban J connectivity index is 1.69. The van der Waals surface area contributed by atoms with Crippen LogP contribution in [0.3, 0.4) is 0 Å². The Morgan fingerprint density at radius 2 is 2.26 bits per heavy atom. The first-order chi connectivity index (χ1) is 11.2. The molecule has 1 saturated heterocycles. The summed E-state index contributed by atoms with van der Waals surface area (Å²) in [6.45, 7) is 5.54. The number of thiophene rings is 1. The number of amides is 1. The molecule has 1 aromatic heterocycles. The Labute approximate surface area is 141 Å².